The fourth-order valence-electron chi connectivity index (χ4n) is 7.30. The van der Waals surface area contributed by atoms with Crippen LogP contribution in [-0.4, -0.2) is 91.2 Å². The number of likely N-dealkylation sites (tertiary alicyclic amines) is 1. The zero-order valence-corrected chi connectivity index (χ0v) is 24.8. The summed E-state index contributed by atoms with van der Waals surface area (Å²) in [5, 5.41) is 3.26. The monoisotopic (exact) mass is 560 g/mol. The van der Waals surface area contributed by atoms with E-state index in [2.05, 4.69) is 59.9 Å². The molecule has 0 saturated carbocycles. The van der Waals surface area contributed by atoms with Gasteiger partial charge in [0.25, 0.3) is 0 Å². The molecule has 2 aromatic rings. The highest BCUT2D eigenvalue weighted by molar-refractivity contribution is 5.87. The number of fused-ring (bicyclic) bond motifs is 3. The summed E-state index contributed by atoms with van der Waals surface area (Å²) in [6.45, 7) is 10.3. The third kappa shape index (κ3) is 5.30. The van der Waals surface area contributed by atoms with Crippen molar-refractivity contribution in [2.45, 2.75) is 69.1 Å². The molecule has 2 fully saturated rings. The largest absolute Gasteiger partial charge is 0.466 e. The molecule has 41 heavy (non-hydrogen) atoms. The lowest BCUT2D eigenvalue weighted by Gasteiger charge is -2.45. The Morgan fingerprint density at radius 1 is 1.20 bits per heavy atom. The number of hydrogen-bond acceptors (Lipinski definition) is 8. The number of aromatic nitrogens is 2. The smallest absolute Gasteiger partial charge is 0.321 e. The molecule has 6 rings (SSSR count). The van der Waals surface area contributed by atoms with E-state index in [0.29, 0.717) is 56.6 Å². The minimum atomic E-state index is -0.381. The number of anilines is 1. The van der Waals surface area contributed by atoms with Crippen LogP contribution in [0, 0.1) is 0 Å². The number of nitrogens with one attached hydrogen (secondary N) is 1. The van der Waals surface area contributed by atoms with Crippen LogP contribution in [0.4, 0.5) is 5.82 Å². The van der Waals surface area contributed by atoms with Crippen LogP contribution in [0.3, 0.4) is 0 Å². The highest BCUT2D eigenvalue weighted by Crippen LogP contribution is 2.50. The average molecular weight is 561 g/mol. The SMILES string of the molecule is C=CC(=O)N1CCN(c2nc(OC[C@@H]3CCCN3C)nc3c2CCC2(CCC(C)c4ccccc42)O3)C[C@@H]1CNC. The molecule has 4 heterocycles. The van der Waals surface area contributed by atoms with E-state index in [1.54, 1.807) is 0 Å². The molecular formula is C32H44N6O3. The van der Waals surface area contributed by atoms with E-state index in [4.69, 9.17) is 19.4 Å². The van der Waals surface area contributed by atoms with Crippen molar-refractivity contribution in [3.63, 3.8) is 0 Å². The topological polar surface area (TPSA) is 83.1 Å². The molecule has 0 radical (unpaired) electrons. The third-order valence-electron chi connectivity index (χ3n) is 9.72. The molecule has 9 nitrogen and oxygen atoms in total. The number of rotatable bonds is 7. The minimum absolute atomic E-state index is 0.00364. The van der Waals surface area contributed by atoms with Crippen molar-refractivity contribution >= 4 is 11.7 Å². The standard InChI is InChI=1S/C32H44N6O3/c1-5-28(39)38-18-17-37(20-24(38)19-33-3)29-26-13-15-32(14-12-22(2)25-10-6-7-11-27(25)32)41-30(26)35-31(34-29)40-21-23-9-8-16-36(23)4/h5-7,10-11,22-24,33H,1,8-9,12-21H2,2-4H3/t22?,23-,24-,32?/m0/s1. The molecule has 1 aliphatic carbocycles. The molecule has 4 aliphatic rings. The molecule has 3 aliphatic heterocycles. The summed E-state index contributed by atoms with van der Waals surface area (Å²) in [6, 6.07) is 9.50. The van der Waals surface area contributed by atoms with Gasteiger partial charge in [-0.05, 0) is 82.3 Å². The van der Waals surface area contributed by atoms with E-state index in [-0.39, 0.29) is 17.6 Å². The van der Waals surface area contributed by atoms with Gasteiger partial charge in [-0.3, -0.25) is 4.79 Å². The fourth-order valence-corrected chi connectivity index (χ4v) is 7.30. The summed E-state index contributed by atoms with van der Waals surface area (Å²) in [5.74, 6) is 2.01. The predicted octanol–water partition coefficient (Wildman–Crippen LogP) is 3.49. The number of piperazine rings is 1. The third-order valence-corrected chi connectivity index (χ3v) is 9.72. The molecule has 1 aromatic heterocycles. The zero-order chi connectivity index (χ0) is 28.6. The van der Waals surface area contributed by atoms with Crippen molar-refractivity contribution in [3.8, 4) is 11.9 Å². The fraction of sp³-hybridized carbons (Fsp3) is 0.594. The molecule has 0 bridgehead atoms. The van der Waals surface area contributed by atoms with Crippen LogP contribution in [0.25, 0.3) is 0 Å². The van der Waals surface area contributed by atoms with Gasteiger partial charge in [0.2, 0.25) is 11.8 Å². The molecule has 2 saturated heterocycles. The van der Waals surface area contributed by atoms with Crippen LogP contribution in [0.1, 0.15) is 61.6 Å². The van der Waals surface area contributed by atoms with Crippen molar-refractivity contribution in [2.24, 2.45) is 0 Å². The maximum atomic E-state index is 12.6. The lowest BCUT2D eigenvalue weighted by atomic mass is 9.71. The lowest BCUT2D eigenvalue weighted by molar-refractivity contribution is -0.128. The van der Waals surface area contributed by atoms with E-state index >= 15 is 0 Å². The first-order valence-electron chi connectivity index (χ1n) is 15.3. The molecule has 2 unspecified atom stereocenters. The van der Waals surface area contributed by atoms with Gasteiger partial charge >= 0.3 is 6.01 Å². The lowest BCUT2D eigenvalue weighted by Crippen LogP contribution is -2.58. The van der Waals surface area contributed by atoms with Crippen LogP contribution in [0.15, 0.2) is 36.9 Å². The van der Waals surface area contributed by atoms with Gasteiger partial charge in [-0.2, -0.15) is 9.97 Å². The molecule has 1 amide bonds. The Bertz CT molecular complexity index is 1290. The van der Waals surface area contributed by atoms with Crippen molar-refractivity contribution in [3.05, 3.63) is 53.6 Å². The number of amides is 1. The maximum absolute atomic E-state index is 12.6. The molecule has 1 N–H and O–H groups in total. The molecule has 1 spiro atoms. The predicted molar refractivity (Wildman–Crippen MR) is 160 cm³/mol. The van der Waals surface area contributed by atoms with Gasteiger partial charge in [-0.25, -0.2) is 0 Å². The summed E-state index contributed by atoms with van der Waals surface area (Å²) in [5.41, 5.74) is 3.35. The highest BCUT2D eigenvalue weighted by atomic mass is 16.5. The molecule has 220 valence electrons. The Kier molecular flexibility index (Phi) is 7.92. The quantitative estimate of drug-likeness (QED) is 0.516. The van der Waals surface area contributed by atoms with E-state index in [0.717, 1.165) is 50.0 Å². The van der Waals surface area contributed by atoms with Crippen molar-refractivity contribution in [1.82, 2.24) is 25.1 Å². The van der Waals surface area contributed by atoms with E-state index < -0.39 is 0 Å². The van der Waals surface area contributed by atoms with Gasteiger partial charge in [0.15, 0.2) is 0 Å². The Morgan fingerprint density at radius 3 is 2.83 bits per heavy atom. The van der Waals surface area contributed by atoms with Crippen LogP contribution in [0.5, 0.6) is 11.9 Å². The Balaban J connectivity index is 1.34. The molecule has 9 heteroatoms. The van der Waals surface area contributed by atoms with Crippen LogP contribution in [0.2, 0.25) is 0 Å². The second kappa shape index (κ2) is 11.6. The number of ether oxygens (including phenoxy) is 2. The summed E-state index contributed by atoms with van der Waals surface area (Å²) in [6.07, 6.45) is 7.50. The first kappa shape index (κ1) is 28.0. The number of hydrogen-bond donors (Lipinski definition) is 1. The average Bonchev–Trinajstić information content (AvgIpc) is 3.41. The summed E-state index contributed by atoms with van der Waals surface area (Å²) in [7, 11) is 4.07. The Hall–Kier alpha value is -3.17. The number of carbonyl (C=O) groups is 1. The van der Waals surface area contributed by atoms with Crippen LogP contribution >= 0.6 is 0 Å². The van der Waals surface area contributed by atoms with Gasteiger partial charge in [0.1, 0.15) is 18.0 Å². The second-order valence-electron chi connectivity index (χ2n) is 12.2. The summed E-state index contributed by atoms with van der Waals surface area (Å²) < 4.78 is 13.3. The molecule has 4 atom stereocenters. The van der Waals surface area contributed by atoms with Gasteiger partial charge in [0.05, 0.1) is 11.6 Å². The van der Waals surface area contributed by atoms with Crippen LogP contribution in [-0.2, 0) is 16.8 Å². The zero-order valence-electron chi connectivity index (χ0n) is 24.8. The first-order valence-corrected chi connectivity index (χ1v) is 15.3. The number of nitrogens with zero attached hydrogens (tertiary/aromatic N) is 5. The molecular weight excluding hydrogens is 516 g/mol. The Labute approximate surface area is 243 Å². The normalized spacial score (nSPS) is 27.7. The maximum Gasteiger partial charge on any atom is 0.321 e. The first-order chi connectivity index (χ1) is 19.9. The summed E-state index contributed by atoms with van der Waals surface area (Å²) in [4.78, 5) is 29.1. The van der Waals surface area contributed by atoms with Gasteiger partial charge in [-0.15, -0.1) is 0 Å². The second-order valence-corrected chi connectivity index (χ2v) is 12.2. The molecule has 1 aromatic carbocycles. The van der Waals surface area contributed by atoms with E-state index in [1.165, 1.54) is 23.6 Å². The van der Waals surface area contributed by atoms with E-state index in [9.17, 15) is 4.79 Å². The number of benzene rings is 1. The summed E-state index contributed by atoms with van der Waals surface area (Å²) >= 11 is 0. The van der Waals surface area contributed by atoms with Gasteiger partial charge < -0.3 is 29.5 Å². The highest BCUT2D eigenvalue weighted by Gasteiger charge is 2.45. The number of likely N-dealkylation sites (N-methyl/N-ethyl adjacent to an activating group) is 2. The van der Waals surface area contributed by atoms with Gasteiger partial charge in [0, 0.05) is 32.2 Å². The Morgan fingerprint density at radius 2 is 2.05 bits per heavy atom. The minimum Gasteiger partial charge on any atom is -0.466 e. The number of carbonyl (C=O) groups excluding carboxylic acids is 1. The van der Waals surface area contributed by atoms with Crippen molar-refractivity contribution in [2.75, 3.05) is 58.3 Å². The van der Waals surface area contributed by atoms with Crippen LogP contribution < -0.4 is 19.7 Å². The van der Waals surface area contributed by atoms with Crippen molar-refractivity contribution in [1.29, 1.82) is 0 Å². The van der Waals surface area contributed by atoms with E-state index in [1.807, 2.05) is 11.9 Å². The van der Waals surface area contributed by atoms with Crippen molar-refractivity contribution < 1.29 is 14.3 Å². The van der Waals surface area contributed by atoms with Gasteiger partial charge in [-0.1, -0.05) is 37.8 Å².